The third-order valence-corrected chi connectivity index (χ3v) is 11.5. The number of carbonyl (C=O) groups is 5. The first-order valence-electron chi connectivity index (χ1n) is 15.4. The monoisotopic (exact) mass is 644 g/mol. The number of fused-ring (bicyclic) bond motifs is 3. The minimum absolute atomic E-state index is 0.0850. The van der Waals surface area contributed by atoms with Crippen molar-refractivity contribution < 1.29 is 37.5 Å². The molecule has 2 unspecified atom stereocenters. The third kappa shape index (κ3) is 7.46. The van der Waals surface area contributed by atoms with E-state index in [0.717, 1.165) is 22.9 Å². The summed E-state index contributed by atoms with van der Waals surface area (Å²) in [6.07, 6.45) is 3.10. The lowest BCUT2D eigenvalue weighted by Gasteiger charge is -2.36. The Morgan fingerprint density at radius 3 is 2.44 bits per heavy atom. The van der Waals surface area contributed by atoms with Gasteiger partial charge in [0, 0.05) is 47.8 Å². The van der Waals surface area contributed by atoms with E-state index >= 15 is 0 Å². The SMILES string of the molecule is CC(C)[C@H](CC(=O)NCCc1c[nH]c2ccccc12)C(=O)N[C@@H](CC(=O)O)C(=O)CNS(=O)(=O)CC12CCC(CC1=O)C2(C)C. The summed E-state index contributed by atoms with van der Waals surface area (Å²) in [6.45, 7) is 6.90. The van der Waals surface area contributed by atoms with Crippen LogP contribution in [0, 0.1) is 28.6 Å². The smallest absolute Gasteiger partial charge is 0.305 e. The maximum atomic E-state index is 13.2. The molecule has 2 fully saturated rings. The number of carboxylic acid groups (broad SMARTS) is 1. The summed E-state index contributed by atoms with van der Waals surface area (Å²) >= 11 is 0. The van der Waals surface area contributed by atoms with Crippen LogP contribution < -0.4 is 15.4 Å². The number of hydrogen-bond acceptors (Lipinski definition) is 7. The molecule has 1 aromatic carbocycles. The Labute approximate surface area is 263 Å². The second-order valence-corrected chi connectivity index (χ2v) is 15.2. The van der Waals surface area contributed by atoms with Gasteiger partial charge in [-0.1, -0.05) is 45.9 Å². The Kier molecular flexibility index (Phi) is 10.2. The van der Waals surface area contributed by atoms with Crippen molar-refractivity contribution in [2.45, 2.75) is 72.3 Å². The zero-order valence-corrected chi connectivity index (χ0v) is 27.1. The molecule has 1 aromatic heterocycles. The number of aliphatic carboxylic acids is 1. The number of Topliss-reactive ketones (excluding diaryl/α,β-unsaturated/α-hetero) is 2. The molecule has 0 radical (unpaired) electrons. The van der Waals surface area contributed by atoms with Crippen LogP contribution in [0.4, 0.5) is 0 Å². The molecule has 5 N–H and O–H groups in total. The number of para-hydroxylation sites is 1. The van der Waals surface area contributed by atoms with Gasteiger partial charge >= 0.3 is 5.97 Å². The highest BCUT2D eigenvalue weighted by molar-refractivity contribution is 7.89. The van der Waals surface area contributed by atoms with Crippen molar-refractivity contribution in [2.24, 2.45) is 28.6 Å². The molecule has 0 spiro atoms. The minimum atomic E-state index is -4.09. The highest BCUT2D eigenvalue weighted by atomic mass is 32.2. The molecular formula is C32H44N4O8S. The summed E-state index contributed by atoms with van der Waals surface area (Å²) in [5, 5.41) is 15.7. The van der Waals surface area contributed by atoms with E-state index in [-0.39, 0.29) is 29.9 Å². The molecule has 2 aromatic rings. The zero-order valence-electron chi connectivity index (χ0n) is 26.3. The predicted molar refractivity (Wildman–Crippen MR) is 167 cm³/mol. The lowest BCUT2D eigenvalue weighted by Crippen LogP contribution is -2.51. The van der Waals surface area contributed by atoms with Crippen molar-refractivity contribution in [3.05, 3.63) is 36.0 Å². The van der Waals surface area contributed by atoms with Crippen LogP contribution in [0.3, 0.4) is 0 Å². The van der Waals surface area contributed by atoms with Gasteiger partial charge in [0.1, 0.15) is 5.78 Å². The van der Waals surface area contributed by atoms with Crippen LogP contribution in [0.5, 0.6) is 0 Å². The molecule has 1 heterocycles. The van der Waals surface area contributed by atoms with Crippen molar-refractivity contribution in [3.8, 4) is 0 Å². The normalized spacial score (nSPS) is 22.0. The van der Waals surface area contributed by atoms with Gasteiger partial charge in [-0.05, 0) is 48.1 Å². The standard InChI is InChI=1S/C32H44N4O8S/c1-19(2)23(14-28(39)33-12-10-20-16-34-24-8-6-5-7-22(20)24)30(42)36-25(15-29(40)41)26(37)17-35-45(43,44)18-32-11-9-21(13-27(32)38)31(32,3)4/h5-8,16,19,21,23,25,34-35H,9-15,17-18H2,1-4H3,(H,33,39)(H,36,42)(H,40,41)/t21?,23-,25-,32?/m0/s1. The number of rotatable bonds is 16. The van der Waals surface area contributed by atoms with E-state index in [0.29, 0.717) is 25.8 Å². The Balaban J connectivity index is 1.33. The van der Waals surface area contributed by atoms with Crippen LogP contribution in [-0.4, -0.2) is 72.7 Å². The molecule has 2 bridgehead atoms. The Morgan fingerprint density at radius 1 is 1.11 bits per heavy atom. The van der Waals surface area contributed by atoms with Gasteiger partial charge in [-0.15, -0.1) is 0 Å². The molecular weight excluding hydrogens is 600 g/mol. The largest absolute Gasteiger partial charge is 0.481 e. The topological polar surface area (TPSA) is 192 Å². The Morgan fingerprint density at radius 2 is 1.82 bits per heavy atom. The van der Waals surface area contributed by atoms with Crippen LogP contribution >= 0.6 is 0 Å². The van der Waals surface area contributed by atoms with Gasteiger partial charge in [0.2, 0.25) is 21.8 Å². The van der Waals surface area contributed by atoms with E-state index in [4.69, 9.17) is 0 Å². The van der Waals surface area contributed by atoms with Gasteiger partial charge in [0.25, 0.3) is 0 Å². The summed E-state index contributed by atoms with van der Waals surface area (Å²) in [6, 6.07) is 6.30. The van der Waals surface area contributed by atoms with E-state index in [9.17, 15) is 37.5 Å². The molecule has 4 atom stereocenters. The lowest BCUT2D eigenvalue weighted by atomic mass is 9.70. The van der Waals surface area contributed by atoms with E-state index in [2.05, 4.69) is 20.3 Å². The number of sulfonamides is 1. The number of carboxylic acids is 1. The zero-order chi connectivity index (χ0) is 33.2. The molecule has 246 valence electrons. The summed E-state index contributed by atoms with van der Waals surface area (Å²) in [4.78, 5) is 66.6. The average molecular weight is 645 g/mol. The van der Waals surface area contributed by atoms with Crippen LogP contribution in [-0.2, 0) is 40.4 Å². The quantitative estimate of drug-likeness (QED) is 0.184. The second kappa shape index (κ2) is 13.4. The maximum absolute atomic E-state index is 13.2. The van der Waals surface area contributed by atoms with Gasteiger partial charge in [-0.3, -0.25) is 24.0 Å². The van der Waals surface area contributed by atoms with E-state index in [1.807, 2.05) is 44.3 Å². The van der Waals surface area contributed by atoms with Gasteiger partial charge < -0.3 is 20.7 Å². The molecule has 2 aliphatic rings. The van der Waals surface area contributed by atoms with Crippen LogP contribution in [0.15, 0.2) is 30.5 Å². The predicted octanol–water partition coefficient (Wildman–Crippen LogP) is 2.33. The van der Waals surface area contributed by atoms with Crippen LogP contribution in [0.25, 0.3) is 10.9 Å². The van der Waals surface area contributed by atoms with Gasteiger partial charge in [0.05, 0.1) is 24.8 Å². The summed E-state index contributed by atoms with van der Waals surface area (Å²) in [5.74, 6) is -4.82. The number of aromatic amines is 1. The van der Waals surface area contributed by atoms with E-state index in [1.54, 1.807) is 13.8 Å². The number of amides is 2. The second-order valence-electron chi connectivity index (χ2n) is 13.4. The first-order chi connectivity index (χ1) is 21.1. The molecule has 45 heavy (non-hydrogen) atoms. The lowest BCUT2D eigenvalue weighted by molar-refractivity contribution is -0.141. The Bertz CT molecular complexity index is 1580. The number of H-pyrrole nitrogens is 1. The third-order valence-electron chi connectivity index (χ3n) is 10.1. The Hall–Kier alpha value is -3.58. The molecule has 0 saturated heterocycles. The van der Waals surface area contributed by atoms with Crippen molar-refractivity contribution in [3.63, 3.8) is 0 Å². The molecule has 12 nitrogen and oxygen atoms in total. The highest BCUT2D eigenvalue weighted by Gasteiger charge is 2.65. The van der Waals surface area contributed by atoms with Gasteiger partial charge in [0.15, 0.2) is 5.78 Å². The number of aromatic nitrogens is 1. The van der Waals surface area contributed by atoms with Crippen LogP contribution in [0.1, 0.15) is 65.4 Å². The maximum Gasteiger partial charge on any atom is 0.305 e. The number of ketones is 2. The molecule has 2 amide bonds. The van der Waals surface area contributed by atoms with E-state index in [1.165, 1.54) is 0 Å². The van der Waals surface area contributed by atoms with Gasteiger partial charge in [-0.25, -0.2) is 13.1 Å². The van der Waals surface area contributed by atoms with Crippen molar-refractivity contribution in [1.82, 2.24) is 20.3 Å². The average Bonchev–Trinajstić information content (AvgIpc) is 3.53. The summed E-state index contributed by atoms with van der Waals surface area (Å²) in [7, 11) is -4.09. The fourth-order valence-electron chi connectivity index (χ4n) is 7.06. The van der Waals surface area contributed by atoms with Crippen LogP contribution in [0.2, 0.25) is 0 Å². The molecule has 2 saturated carbocycles. The van der Waals surface area contributed by atoms with Crippen molar-refractivity contribution >= 4 is 50.3 Å². The first kappa shape index (κ1) is 34.3. The van der Waals surface area contributed by atoms with Crippen molar-refractivity contribution in [2.75, 3.05) is 18.8 Å². The number of nitrogens with one attached hydrogen (secondary N) is 4. The van der Waals surface area contributed by atoms with Gasteiger partial charge in [-0.2, -0.15) is 0 Å². The highest BCUT2D eigenvalue weighted by Crippen LogP contribution is 2.64. The van der Waals surface area contributed by atoms with Crippen molar-refractivity contribution in [1.29, 1.82) is 0 Å². The summed E-state index contributed by atoms with van der Waals surface area (Å²) < 4.78 is 28.3. The summed E-state index contributed by atoms with van der Waals surface area (Å²) in [5.41, 5.74) is 0.521. The molecule has 0 aliphatic heterocycles. The number of benzene rings is 1. The van der Waals surface area contributed by atoms with E-state index < -0.39 is 69.2 Å². The fourth-order valence-corrected chi connectivity index (χ4v) is 8.86. The molecule has 13 heteroatoms. The number of hydrogen-bond donors (Lipinski definition) is 5. The molecule has 2 aliphatic carbocycles. The first-order valence-corrected chi connectivity index (χ1v) is 17.1. The molecule has 4 rings (SSSR count). The minimum Gasteiger partial charge on any atom is -0.481 e. The number of carbonyl (C=O) groups excluding carboxylic acids is 4. The fraction of sp³-hybridized carbons (Fsp3) is 0.594.